The number of benzene rings is 3. The zero-order valence-electron chi connectivity index (χ0n) is 14.9. The van der Waals surface area contributed by atoms with E-state index in [0.29, 0.717) is 6.61 Å². The van der Waals surface area contributed by atoms with E-state index in [1.165, 1.54) is 11.1 Å². The summed E-state index contributed by atoms with van der Waals surface area (Å²) in [4.78, 5) is 4.54. The van der Waals surface area contributed by atoms with Crippen molar-refractivity contribution in [2.24, 2.45) is 0 Å². The molecule has 0 bridgehead atoms. The highest BCUT2D eigenvalue weighted by molar-refractivity contribution is 5.89. The van der Waals surface area contributed by atoms with E-state index >= 15 is 0 Å². The van der Waals surface area contributed by atoms with Crippen LogP contribution in [0.15, 0.2) is 85.1 Å². The summed E-state index contributed by atoms with van der Waals surface area (Å²) in [6.07, 6.45) is 2.86. The van der Waals surface area contributed by atoms with Crippen LogP contribution in [0.4, 0.5) is 0 Å². The van der Waals surface area contributed by atoms with Crippen molar-refractivity contribution in [2.75, 3.05) is 0 Å². The third-order valence-electron chi connectivity index (χ3n) is 4.56. The molecule has 2 heteroatoms. The lowest BCUT2D eigenvalue weighted by atomic mass is 10.0. The summed E-state index contributed by atoms with van der Waals surface area (Å²) in [6.45, 7) is 2.55. The van der Waals surface area contributed by atoms with Crippen molar-refractivity contribution >= 4 is 10.8 Å². The second-order valence-corrected chi connectivity index (χ2v) is 6.53. The van der Waals surface area contributed by atoms with E-state index in [1.807, 2.05) is 37.4 Å². The van der Waals surface area contributed by atoms with Crippen molar-refractivity contribution in [1.29, 1.82) is 0 Å². The van der Waals surface area contributed by atoms with Crippen molar-refractivity contribution < 1.29 is 4.74 Å². The fraction of sp³-hybridized carbons (Fsp3) is 0.125. The Balaban J connectivity index is 1.62. The highest BCUT2D eigenvalue weighted by atomic mass is 16.5. The molecule has 4 aromatic rings. The molecule has 0 aliphatic carbocycles. The summed E-state index contributed by atoms with van der Waals surface area (Å²) in [5.74, 6) is 0.873. The minimum atomic E-state index is 0.550. The largest absolute Gasteiger partial charge is 0.486 e. The minimum absolute atomic E-state index is 0.550. The fourth-order valence-electron chi connectivity index (χ4n) is 3.20. The molecular weight excluding hydrogens is 318 g/mol. The monoisotopic (exact) mass is 339 g/mol. The SMILES string of the molecule is Cc1ncc2cc(Cc3ccccc3)ccc2c1OCc1ccccc1. The Morgan fingerprint density at radius 2 is 1.46 bits per heavy atom. The first-order chi connectivity index (χ1) is 12.8. The highest BCUT2D eigenvalue weighted by Crippen LogP contribution is 2.29. The maximum absolute atomic E-state index is 6.13. The molecule has 0 radical (unpaired) electrons. The van der Waals surface area contributed by atoms with Gasteiger partial charge in [-0.05, 0) is 36.1 Å². The van der Waals surface area contributed by atoms with Gasteiger partial charge in [0.05, 0.1) is 5.69 Å². The van der Waals surface area contributed by atoms with Gasteiger partial charge in [0.15, 0.2) is 0 Å². The number of hydrogen-bond acceptors (Lipinski definition) is 2. The lowest BCUT2D eigenvalue weighted by molar-refractivity contribution is 0.306. The van der Waals surface area contributed by atoms with Gasteiger partial charge in [-0.15, -0.1) is 0 Å². The molecule has 0 aliphatic heterocycles. The molecular formula is C24H21NO. The van der Waals surface area contributed by atoms with E-state index in [2.05, 4.69) is 59.6 Å². The zero-order chi connectivity index (χ0) is 17.8. The molecule has 0 saturated carbocycles. The molecule has 0 aliphatic rings. The molecule has 1 aromatic heterocycles. The number of fused-ring (bicyclic) bond motifs is 1. The lowest BCUT2D eigenvalue weighted by Crippen LogP contribution is -1.99. The van der Waals surface area contributed by atoms with Gasteiger partial charge in [0.25, 0.3) is 0 Å². The summed E-state index contributed by atoms with van der Waals surface area (Å²) < 4.78 is 6.13. The Bertz CT molecular complexity index is 1010. The molecule has 0 spiro atoms. The number of pyridine rings is 1. The Labute approximate surface area is 154 Å². The first-order valence-electron chi connectivity index (χ1n) is 8.88. The highest BCUT2D eigenvalue weighted by Gasteiger charge is 2.09. The maximum atomic E-state index is 6.13. The second kappa shape index (κ2) is 7.40. The number of nitrogens with zero attached hydrogens (tertiary/aromatic N) is 1. The molecule has 0 fully saturated rings. The van der Waals surface area contributed by atoms with Crippen LogP contribution in [-0.4, -0.2) is 4.98 Å². The molecule has 1 heterocycles. The normalized spacial score (nSPS) is 10.8. The zero-order valence-corrected chi connectivity index (χ0v) is 14.9. The van der Waals surface area contributed by atoms with Gasteiger partial charge in [-0.2, -0.15) is 0 Å². The molecule has 0 unspecified atom stereocenters. The van der Waals surface area contributed by atoms with E-state index < -0.39 is 0 Å². The van der Waals surface area contributed by atoms with Crippen LogP contribution >= 0.6 is 0 Å². The molecule has 128 valence electrons. The van der Waals surface area contributed by atoms with Crippen molar-refractivity contribution in [3.8, 4) is 5.75 Å². The van der Waals surface area contributed by atoms with E-state index in [1.54, 1.807) is 0 Å². The van der Waals surface area contributed by atoms with Gasteiger partial charge in [-0.1, -0.05) is 72.8 Å². The number of aromatic nitrogens is 1. The van der Waals surface area contributed by atoms with Gasteiger partial charge >= 0.3 is 0 Å². The molecule has 3 aromatic carbocycles. The molecule has 0 atom stereocenters. The van der Waals surface area contributed by atoms with Gasteiger partial charge < -0.3 is 4.74 Å². The van der Waals surface area contributed by atoms with Gasteiger partial charge in [0, 0.05) is 17.0 Å². The maximum Gasteiger partial charge on any atom is 0.148 e. The molecule has 0 saturated heterocycles. The summed E-state index contributed by atoms with van der Waals surface area (Å²) in [6, 6.07) is 27.3. The minimum Gasteiger partial charge on any atom is -0.486 e. The van der Waals surface area contributed by atoms with E-state index in [9.17, 15) is 0 Å². The Hall–Kier alpha value is -3.13. The van der Waals surface area contributed by atoms with E-state index in [4.69, 9.17) is 4.74 Å². The van der Waals surface area contributed by atoms with Crippen LogP contribution in [0, 0.1) is 6.92 Å². The van der Waals surface area contributed by atoms with Crippen LogP contribution < -0.4 is 4.74 Å². The van der Waals surface area contributed by atoms with Gasteiger partial charge in [0.2, 0.25) is 0 Å². The molecule has 0 amide bonds. The van der Waals surface area contributed by atoms with Crippen LogP contribution in [0.1, 0.15) is 22.4 Å². The molecule has 2 nitrogen and oxygen atoms in total. The Morgan fingerprint density at radius 1 is 0.769 bits per heavy atom. The van der Waals surface area contributed by atoms with Crippen LogP contribution in [0.25, 0.3) is 10.8 Å². The number of ether oxygens (including phenoxy) is 1. The average Bonchev–Trinajstić information content (AvgIpc) is 2.69. The quantitative estimate of drug-likeness (QED) is 0.464. The van der Waals surface area contributed by atoms with Crippen LogP contribution in [0.2, 0.25) is 0 Å². The number of rotatable bonds is 5. The molecule has 4 rings (SSSR count). The third-order valence-corrected chi connectivity index (χ3v) is 4.56. The van der Waals surface area contributed by atoms with Crippen molar-refractivity contribution in [2.45, 2.75) is 20.0 Å². The predicted octanol–water partition coefficient (Wildman–Crippen LogP) is 5.71. The second-order valence-electron chi connectivity index (χ2n) is 6.53. The Morgan fingerprint density at radius 3 is 2.19 bits per heavy atom. The predicted molar refractivity (Wildman–Crippen MR) is 107 cm³/mol. The third kappa shape index (κ3) is 3.60. The first-order valence-corrected chi connectivity index (χ1v) is 8.88. The van der Waals surface area contributed by atoms with E-state index in [0.717, 1.165) is 34.2 Å². The van der Waals surface area contributed by atoms with Gasteiger partial charge in [-0.25, -0.2) is 0 Å². The molecule has 26 heavy (non-hydrogen) atoms. The average molecular weight is 339 g/mol. The standard InChI is InChI=1S/C24H21NO/c1-18-24(26-17-20-10-6-3-7-11-20)23-13-12-21(15-22(23)16-25-18)14-19-8-4-2-5-9-19/h2-13,15-16H,14,17H2,1H3. The summed E-state index contributed by atoms with van der Waals surface area (Å²) in [7, 11) is 0. The fourth-order valence-corrected chi connectivity index (χ4v) is 3.20. The number of hydrogen-bond donors (Lipinski definition) is 0. The summed E-state index contributed by atoms with van der Waals surface area (Å²) in [5, 5.41) is 2.23. The topological polar surface area (TPSA) is 22.1 Å². The Kier molecular flexibility index (Phi) is 4.65. The van der Waals surface area contributed by atoms with Gasteiger partial charge in [-0.3, -0.25) is 4.98 Å². The van der Waals surface area contributed by atoms with E-state index in [-0.39, 0.29) is 0 Å². The van der Waals surface area contributed by atoms with Gasteiger partial charge in [0.1, 0.15) is 12.4 Å². The van der Waals surface area contributed by atoms with Crippen LogP contribution in [0.5, 0.6) is 5.75 Å². The first kappa shape index (κ1) is 16.3. The summed E-state index contributed by atoms with van der Waals surface area (Å²) in [5.41, 5.74) is 4.67. The summed E-state index contributed by atoms with van der Waals surface area (Å²) >= 11 is 0. The van der Waals surface area contributed by atoms with Crippen molar-refractivity contribution in [3.05, 3.63) is 107 Å². The van der Waals surface area contributed by atoms with Crippen molar-refractivity contribution in [1.82, 2.24) is 4.98 Å². The smallest absolute Gasteiger partial charge is 0.148 e. The van der Waals surface area contributed by atoms with Crippen LogP contribution in [-0.2, 0) is 13.0 Å². The van der Waals surface area contributed by atoms with Crippen molar-refractivity contribution in [3.63, 3.8) is 0 Å². The molecule has 0 N–H and O–H groups in total. The number of aryl methyl sites for hydroxylation is 1. The lowest BCUT2D eigenvalue weighted by Gasteiger charge is -2.13. The van der Waals surface area contributed by atoms with Crippen LogP contribution in [0.3, 0.4) is 0 Å².